The first-order valence-electron chi connectivity index (χ1n) is 7.33. The van der Waals surface area contributed by atoms with Crippen molar-refractivity contribution >= 4 is 0 Å². The Morgan fingerprint density at radius 3 is 2.55 bits per heavy atom. The van der Waals surface area contributed by atoms with Gasteiger partial charge in [0.05, 0.1) is 20.3 Å². The Labute approximate surface area is 121 Å². The molecule has 4 nitrogen and oxygen atoms in total. The van der Waals surface area contributed by atoms with Crippen LogP contribution in [-0.2, 0) is 6.54 Å². The molecule has 0 amide bonds. The first kappa shape index (κ1) is 15.1. The lowest BCUT2D eigenvalue weighted by molar-refractivity contribution is 0.108. The second kappa shape index (κ2) is 7.50. The van der Waals surface area contributed by atoms with E-state index in [1.807, 2.05) is 12.1 Å². The van der Waals surface area contributed by atoms with Crippen LogP contribution in [0.3, 0.4) is 0 Å². The number of rotatable bonds is 6. The van der Waals surface area contributed by atoms with Gasteiger partial charge in [-0.15, -0.1) is 0 Å². The van der Waals surface area contributed by atoms with Crippen molar-refractivity contribution in [2.75, 3.05) is 20.8 Å². The highest BCUT2D eigenvalue weighted by molar-refractivity contribution is 5.46. The lowest BCUT2D eigenvalue weighted by Crippen LogP contribution is -2.27. The number of aliphatic hydroxyl groups excluding tert-OH is 1. The summed E-state index contributed by atoms with van der Waals surface area (Å²) in [5, 5.41) is 13.0. The van der Waals surface area contributed by atoms with E-state index in [4.69, 9.17) is 9.47 Å². The van der Waals surface area contributed by atoms with Gasteiger partial charge in [-0.2, -0.15) is 0 Å². The van der Waals surface area contributed by atoms with E-state index in [1.54, 1.807) is 14.2 Å². The SMILES string of the molecule is COc1cccc(CNCC2CCC(O)CC2)c1OC. The molecule has 1 aliphatic rings. The summed E-state index contributed by atoms with van der Waals surface area (Å²) >= 11 is 0. The number of para-hydroxylation sites is 1. The van der Waals surface area contributed by atoms with E-state index < -0.39 is 0 Å². The highest BCUT2D eigenvalue weighted by atomic mass is 16.5. The largest absolute Gasteiger partial charge is 0.493 e. The van der Waals surface area contributed by atoms with Gasteiger partial charge < -0.3 is 19.9 Å². The Balaban J connectivity index is 1.85. The summed E-state index contributed by atoms with van der Waals surface area (Å²) in [4.78, 5) is 0. The van der Waals surface area contributed by atoms with Crippen molar-refractivity contribution in [3.05, 3.63) is 23.8 Å². The Morgan fingerprint density at radius 2 is 1.90 bits per heavy atom. The fraction of sp³-hybridized carbons (Fsp3) is 0.625. The molecular weight excluding hydrogens is 254 g/mol. The number of ether oxygens (including phenoxy) is 2. The standard InChI is InChI=1S/C16H25NO3/c1-19-15-5-3-4-13(16(15)20-2)11-17-10-12-6-8-14(18)9-7-12/h3-5,12,14,17-18H,6-11H2,1-2H3. The molecule has 2 N–H and O–H groups in total. The zero-order valence-electron chi connectivity index (χ0n) is 12.4. The fourth-order valence-electron chi connectivity index (χ4n) is 2.85. The van der Waals surface area contributed by atoms with Gasteiger partial charge in [0.2, 0.25) is 0 Å². The number of benzene rings is 1. The highest BCUT2D eigenvalue weighted by Crippen LogP contribution is 2.30. The molecule has 0 saturated heterocycles. The normalized spacial score (nSPS) is 22.6. The minimum absolute atomic E-state index is 0.0790. The molecule has 0 aliphatic heterocycles. The van der Waals surface area contributed by atoms with Crippen molar-refractivity contribution in [1.82, 2.24) is 5.32 Å². The van der Waals surface area contributed by atoms with Crippen LogP contribution in [-0.4, -0.2) is 32.0 Å². The van der Waals surface area contributed by atoms with Gasteiger partial charge in [-0.25, -0.2) is 0 Å². The fourth-order valence-corrected chi connectivity index (χ4v) is 2.85. The molecule has 112 valence electrons. The van der Waals surface area contributed by atoms with Crippen LogP contribution in [0.5, 0.6) is 11.5 Å². The minimum Gasteiger partial charge on any atom is -0.493 e. The summed E-state index contributed by atoms with van der Waals surface area (Å²) in [5.74, 6) is 2.25. The third-order valence-corrected chi connectivity index (χ3v) is 4.05. The summed E-state index contributed by atoms with van der Waals surface area (Å²) in [6.45, 7) is 1.77. The molecule has 1 aromatic rings. The van der Waals surface area contributed by atoms with Gasteiger partial charge in [0.1, 0.15) is 0 Å². The van der Waals surface area contributed by atoms with Crippen molar-refractivity contribution in [2.45, 2.75) is 38.3 Å². The van der Waals surface area contributed by atoms with Crippen LogP contribution in [0.1, 0.15) is 31.2 Å². The summed E-state index contributed by atoms with van der Waals surface area (Å²) in [6.07, 6.45) is 4.03. The van der Waals surface area contributed by atoms with Crippen molar-refractivity contribution in [3.63, 3.8) is 0 Å². The molecule has 0 heterocycles. The minimum atomic E-state index is -0.0790. The van der Waals surface area contributed by atoms with E-state index in [-0.39, 0.29) is 6.10 Å². The monoisotopic (exact) mass is 279 g/mol. The molecule has 2 rings (SSSR count). The second-order valence-corrected chi connectivity index (χ2v) is 5.46. The maximum absolute atomic E-state index is 9.51. The average molecular weight is 279 g/mol. The number of nitrogens with one attached hydrogen (secondary N) is 1. The molecule has 4 heteroatoms. The van der Waals surface area contributed by atoms with Crippen LogP contribution >= 0.6 is 0 Å². The number of methoxy groups -OCH3 is 2. The van der Waals surface area contributed by atoms with Crippen LogP contribution < -0.4 is 14.8 Å². The molecule has 0 spiro atoms. The van der Waals surface area contributed by atoms with Crippen molar-refractivity contribution in [1.29, 1.82) is 0 Å². The van der Waals surface area contributed by atoms with Crippen LogP contribution in [0.2, 0.25) is 0 Å². The molecule has 0 aromatic heterocycles. The van der Waals surface area contributed by atoms with Crippen molar-refractivity contribution in [3.8, 4) is 11.5 Å². The maximum Gasteiger partial charge on any atom is 0.165 e. The molecule has 0 unspecified atom stereocenters. The van der Waals surface area contributed by atoms with Crippen LogP contribution in [0.15, 0.2) is 18.2 Å². The van der Waals surface area contributed by atoms with E-state index in [1.165, 1.54) is 0 Å². The quantitative estimate of drug-likeness (QED) is 0.839. The Hall–Kier alpha value is -1.26. The van der Waals surface area contributed by atoms with Gasteiger partial charge >= 0.3 is 0 Å². The Bertz CT molecular complexity index is 414. The van der Waals surface area contributed by atoms with Gasteiger partial charge in [-0.05, 0) is 44.2 Å². The van der Waals surface area contributed by atoms with E-state index in [9.17, 15) is 5.11 Å². The van der Waals surface area contributed by atoms with Crippen LogP contribution in [0.4, 0.5) is 0 Å². The second-order valence-electron chi connectivity index (χ2n) is 5.46. The molecule has 1 fully saturated rings. The van der Waals surface area contributed by atoms with E-state index in [2.05, 4.69) is 11.4 Å². The first-order valence-corrected chi connectivity index (χ1v) is 7.33. The summed E-state index contributed by atoms with van der Waals surface area (Å²) in [6, 6.07) is 5.94. The molecule has 1 saturated carbocycles. The zero-order valence-corrected chi connectivity index (χ0v) is 12.4. The molecule has 20 heavy (non-hydrogen) atoms. The molecule has 1 aliphatic carbocycles. The lowest BCUT2D eigenvalue weighted by Gasteiger charge is -2.25. The molecule has 1 aromatic carbocycles. The third kappa shape index (κ3) is 3.87. The molecular formula is C16H25NO3. The van der Waals surface area contributed by atoms with Gasteiger partial charge in [-0.1, -0.05) is 12.1 Å². The van der Waals surface area contributed by atoms with Crippen molar-refractivity contribution in [2.24, 2.45) is 5.92 Å². The van der Waals surface area contributed by atoms with E-state index in [0.29, 0.717) is 5.92 Å². The van der Waals surface area contributed by atoms with E-state index >= 15 is 0 Å². The Morgan fingerprint density at radius 1 is 1.15 bits per heavy atom. The van der Waals surface area contributed by atoms with Gasteiger partial charge in [0.25, 0.3) is 0 Å². The van der Waals surface area contributed by atoms with Gasteiger partial charge in [0, 0.05) is 12.1 Å². The third-order valence-electron chi connectivity index (χ3n) is 4.05. The number of hydrogen-bond donors (Lipinski definition) is 2. The predicted molar refractivity (Wildman–Crippen MR) is 79.2 cm³/mol. The first-order chi connectivity index (χ1) is 9.74. The summed E-state index contributed by atoms with van der Waals surface area (Å²) in [5.41, 5.74) is 1.11. The molecule has 0 atom stereocenters. The predicted octanol–water partition coefficient (Wildman–Crippen LogP) is 2.34. The summed E-state index contributed by atoms with van der Waals surface area (Å²) in [7, 11) is 3.33. The van der Waals surface area contributed by atoms with Crippen molar-refractivity contribution < 1.29 is 14.6 Å². The van der Waals surface area contributed by atoms with Gasteiger partial charge in [0.15, 0.2) is 11.5 Å². The topological polar surface area (TPSA) is 50.7 Å². The van der Waals surface area contributed by atoms with Gasteiger partial charge in [-0.3, -0.25) is 0 Å². The number of aliphatic hydroxyl groups is 1. The summed E-state index contributed by atoms with van der Waals surface area (Å²) < 4.78 is 10.7. The van der Waals surface area contributed by atoms with Crippen LogP contribution in [0, 0.1) is 5.92 Å². The maximum atomic E-state index is 9.51. The highest BCUT2D eigenvalue weighted by Gasteiger charge is 2.19. The molecule has 0 radical (unpaired) electrons. The zero-order chi connectivity index (χ0) is 14.4. The molecule has 0 bridgehead atoms. The smallest absolute Gasteiger partial charge is 0.165 e. The van der Waals surface area contributed by atoms with Crippen LogP contribution in [0.25, 0.3) is 0 Å². The number of hydrogen-bond acceptors (Lipinski definition) is 4. The average Bonchev–Trinajstić information content (AvgIpc) is 2.49. The Kier molecular flexibility index (Phi) is 5.68. The lowest BCUT2D eigenvalue weighted by atomic mass is 9.87. The van der Waals surface area contributed by atoms with E-state index in [0.717, 1.165) is 55.8 Å².